The molecule has 1 amide bonds. The molecule has 0 aliphatic heterocycles. The summed E-state index contributed by atoms with van der Waals surface area (Å²) in [5.74, 6) is -3.03. The summed E-state index contributed by atoms with van der Waals surface area (Å²) in [5, 5.41) is 20.0. The highest BCUT2D eigenvalue weighted by molar-refractivity contribution is 6.26. The van der Waals surface area contributed by atoms with Crippen LogP contribution < -0.4 is 15.0 Å². The summed E-state index contributed by atoms with van der Waals surface area (Å²) >= 11 is 0. The molecule has 1 aromatic heterocycles. The summed E-state index contributed by atoms with van der Waals surface area (Å²) in [6, 6.07) is 9.38. The second-order valence-corrected chi connectivity index (χ2v) is 6.01. The Morgan fingerprint density at radius 3 is 2.48 bits per heavy atom. The van der Waals surface area contributed by atoms with E-state index in [1.54, 1.807) is 14.1 Å². The second kappa shape index (κ2) is 9.83. The topological polar surface area (TPSA) is 142 Å². The van der Waals surface area contributed by atoms with Crippen LogP contribution in [0.15, 0.2) is 48.4 Å². The highest BCUT2D eigenvalue weighted by Crippen LogP contribution is 2.21. The molecule has 0 spiro atoms. The number of carbonyl (C=O) groups excluding carboxylic acids is 2. The summed E-state index contributed by atoms with van der Waals surface area (Å²) < 4.78 is 5.55. The van der Waals surface area contributed by atoms with Gasteiger partial charge in [-0.3, -0.25) is 14.4 Å². The van der Waals surface area contributed by atoms with Crippen molar-refractivity contribution >= 4 is 23.5 Å². The van der Waals surface area contributed by atoms with Crippen molar-refractivity contribution in [3.05, 3.63) is 59.5 Å². The minimum absolute atomic E-state index is 0.0268. The summed E-state index contributed by atoms with van der Waals surface area (Å²) in [6.45, 7) is -0.479. The number of hydrogen-bond acceptors (Lipinski definition) is 8. The molecule has 0 atom stereocenters. The van der Waals surface area contributed by atoms with Gasteiger partial charge in [0.2, 0.25) is 5.78 Å². The van der Waals surface area contributed by atoms with E-state index in [0.29, 0.717) is 6.26 Å². The zero-order chi connectivity index (χ0) is 21.4. The lowest BCUT2D eigenvalue weighted by Gasteiger charge is -2.16. The number of ether oxygens (including phenoxy) is 1. The number of benzene rings is 1. The monoisotopic (exact) mass is 400 g/mol. The van der Waals surface area contributed by atoms with Crippen molar-refractivity contribution in [2.45, 2.75) is 6.61 Å². The molecule has 0 aliphatic rings. The molecule has 10 nitrogen and oxygen atoms in total. The molecular formula is C19H20N4O6. The van der Waals surface area contributed by atoms with Crippen molar-refractivity contribution in [1.29, 1.82) is 0 Å². The lowest BCUT2D eigenvalue weighted by molar-refractivity contribution is -0.137. The fraction of sp³-hybridized carbons (Fsp3) is 0.211. The molecular weight excluding hydrogens is 380 g/mol. The summed E-state index contributed by atoms with van der Waals surface area (Å²) in [6.07, 6.45) is 1.50. The minimum Gasteiger partial charge on any atom is -0.515 e. The molecule has 29 heavy (non-hydrogen) atoms. The molecule has 0 saturated heterocycles. The van der Waals surface area contributed by atoms with E-state index in [2.05, 4.69) is 9.97 Å². The van der Waals surface area contributed by atoms with E-state index in [0.717, 1.165) is 5.56 Å². The van der Waals surface area contributed by atoms with Crippen LogP contribution in [0.1, 0.15) is 15.9 Å². The SMILES string of the molecule is CN(C)c1nc(OCc2ccccc2)ncc1C(=O)/C(=C/O)C(=O)NCC(=O)O. The van der Waals surface area contributed by atoms with Crippen LogP contribution in [-0.4, -0.2) is 58.5 Å². The number of nitrogens with zero attached hydrogens (tertiary/aromatic N) is 3. The molecule has 0 saturated carbocycles. The van der Waals surface area contributed by atoms with Gasteiger partial charge in [0.1, 0.15) is 24.5 Å². The van der Waals surface area contributed by atoms with E-state index in [1.165, 1.54) is 11.1 Å². The molecule has 0 aliphatic carbocycles. The molecule has 0 unspecified atom stereocenters. The maximum absolute atomic E-state index is 12.7. The lowest BCUT2D eigenvalue weighted by atomic mass is 10.1. The minimum atomic E-state index is -1.29. The largest absolute Gasteiger partial charge is 0.515 e. The first-order valence-electron chi connectivity index (χ1n) is 8.43. The van der Waals surface area contributed by atoms with E-state index in [4.69, 9.17) is 9.84 Å². The third-order valence-corrected chi connectivity index (χ3v) is 3.64. The average molecular weight is 400 g/mol. The Balaban J connectivity index is 2.23. The van der Waals surface area contributed by atoms with Crippen molar-refractivity contribution in [2.75, 3.05) is 25.5 Å². The van der Waals surface area contributed by atoms with E-state index in [1.807, 2.05) is 35.6 Å². The van der Waals surface area contributed by atoms with Gasteiger partial charge in [-0.15, -0.1) is 0 Å². The number of carbonyl (C=O) groups is 3. The number of aliphatic hydroxyl groups excluding tert-OH is 1. The highest BCUT2D eigenvalue weighted by atomic mass is 16.5. The molecule has 0 radical (unpaired) electrons. The highest BCUT2D eigenvalue weighted by Gasteiger charge is 2.25. The van der Waals surface area contributed by atoms with Gasteiger partial charge in [-0.2, -0.15) is 4.98 Å². The lowest BCUT2D eigenvalue weighted by Crippen LogP contribution is -2.33. The first-order valence-corrected chi connectivity index (χ1v) is 8.43. The van der Waals surface area contributed by atoms with Crippen LogP contribution in [-0.2, 0) is 16.2 Å². The van der Waals surface area contributed by atoms with Gasteiger partial charge in [-0.25, -0.2) is 4.98 Å². The first kappa shape index (κ1) is 21.4. The van der Waals surface area contributed by atoms with Gasteiger partial charge in [0.15, 0.2) is 0 Å². The maximum Gasteiger partial charge on any atom is 0.322 e. The quantitative estimate of drug-likeness (QED) is 0.184. The van der Waals surface area contributed by atoms with Gasteiger partial charge in [0.25, 0.3) is 5.91 Å². The van der Waals surface area contributed by atoms with Crippen LogP contribution in [0, 0.1) is 0 Å². The molecule has 1 heterocycles. The van der Waals surface area contributed by atoms with Crippen LogP contribution in [0.2, 0.25) is 0 Å². The Labute approximate surface area is 166 Å². The first-order chi connectivity index (χ1) is 13.8. The summed E-state index contributed by atoms with van der Waals surface area (Å²) in [5.41, 5.74) is 0.201. The number of anilines is 1. The molecule has 152 valence electrons. The predicted molar refractivity (Wildman–Crippen MR) is 103 cm³/mol. The molecule has 0 bridgehead atoms. The number of nitrogens with one attached hydrogen (secondary N) is 1. The van der Waals surface area contributed by atoms with Gasteiger partial charge in [0, 0.05) is 20.3 Å². The zero-order valence-electron chi connectivity index (χ0n) is 15.8. The molecule has 1 aromatic carbocycles. The third-order valence-electron chi connectivity index (χ3n) is 3.64. The Morgan fingerprint density at radius 1 is 1.21 bits per heavy atom. The number of Topliss-reactive ketones (excluding diaryl/α,β-unsaturated/α-hetero) is 1. The fourth-order valence-electron chi connectivity index (χ4n) is 2.27. The summed E-state index contributed by atoms with van der Waals surface area (Å²) in [7, 11) is 3.26. The summed E-state index contributed by atoms with van der Waals surface area (Å²) in [4.78, 5) is 45.0. The van der Waals surface area contributed by atoms with E-state index < -0.39 is 29.8 Å². The normalized spacial score (nSPS) is 10.9. The Morgan fingerprint density at radius 2 is 1.90 bits per heavy atom. The van der Waals surface area contributed by atoms with Crippen LogP contribution in [0.4, 0.5) is 5.82 Å². The van der Waals surface area contributed by atoms with Crippen molar-refractivity contribution < 1.29 is 29.3 Å². The second-order valence-electron chi connectivity index (χ2n) is 6.01. The van der Waals surface area contributed by atoms with Crippen molar-refractivity contribution in [3.63, 3.8) is 0 Å². The number of aliphatic hydroxyl groups is 1. The van der Waals surface area contributed by atoms with Crippen LogP contribution in [0.3, 0.4) is 0 Å². The number of ketones is 1. The maximum atomic E-state index is 12.7. The van der Waals surface area contributed by atoms with Crippen molar-refractivity contribution in [3.8, 4) is 6.01 Å². The van der Waals surface area contributed by atoms with Crippen LogP contribution >= 0.6 is 0 Å². The average Bonchev–Trinajstić information content (AvgIpc) is 2.71. The standard InChI is InChI=1S/C19H20N4O6/c1-23(2)17-13(16(27)14(10-24)18(28)20-9-15(25)26)8-21-19(22-17)29-11-12-6-4-3-5-7-12/h3-8,10,24H,9,11H2,1-2H3,(H,20,28)(H,25,26)/b14-10-. The molecule has 10 heteroatoms. The van der Waals surface area contributed by atoms with Gasteiger partial charge < -0.3 is 25.2 Å². The number of aromatic nitrogens is 2. The van der Waals surface area contributed by atoms with Gasteiger partial charge in [-0.05, 0) is 5.56 Å². The van der Waals surface area contributed by atoms with Crippen molar-refractivity contribution in [1.82, 2.24) is 15.3 Å². The van der Waals surface area contributed by atoms with Gasteiger partial charge in [0.05, 0.1) is 11.8 Å². The number of carboxylic acid groups (broad SMARTS) is 1. The van der Waals surface area contributed by atoms with Crippen molar-refractivity contribution in [2.24, 2.45) is 0 Å². The molecule has 2 aromatic rings. The molecule has 3 N–H and O–H groups in total. The zero-order valence-corrected chi connectivity index (χ0v) is 15.8. The molecule has 0 fully saturated rings. The number of hydrogen-bond donors (Lipinski definition) is 3. The van der Waals surface area contributed by atoms with Gasteiger partial charge >= 0.3 is 12.0 Å². The van der Waals surface area contributed by atoms with E-state index >= 15 is 0 Å². The Bertz CT molecular complexity index is 928. The number of rotatable bonds is 9. The number of aliphatic carboxylic acids is 1. The number of carboxylic acids is 1. The fourth-order valence-corrected chi connectivity index (χ4v) is 2.27. The smallest absolute Gasteiger partial charge is 0.322 e. The van der Waals surface area contributed by atoms with E-state index in [-0.39, 0.29) is 24.0 Å². The predicted octanol–water partition coefficient (Wildman–Crippen LogP) is 0.947. The van der Waals surface area contributed by atoms with Crippen LogP contribution in [0.5, 0.6) is 6.01 Å². The number of amides is 1. The van der Waals surface area contributed by atoms with Crippen LogP contribution in [0.25, 0.3) is 0 Å². The molecule has 2 rings (SSSR count). The Kier molecular flexibility index (Phi) is 7.24. The van der Waals surface area contributed by atoms with E-state index in [9.17, 15) is 19.5 Å². The van der Waals surface area contributed by atoms with Gasteiger partial charge in [-0.1, -0.05) is 30.3 Å². The Hall–Kier alpha value is -3.95. The third kappa shape index (κ3) is 5.76.